The predicted molar refractivity (Wildman–Crippen MR) is 38.6 cm³/mol. The minimum atomic E-state index is -0.539. The molecule has 0 aromatic carbocycles. The van der Waals surface area contributed by atoms with Gasteiger partial charge in [-0.25, -0.2) is 4.39 Å². The van der Waals surface area contributed by atoms with Crippen LogP contribution in [0.4, 0.5) is 4.39 Å². The average molecular weight is 143 g/mol. The van der Waals surface area contributed by atoms with Crippen molar-refractivity contribution in [2.75, 3.05) is 6.54 Å². The van der Waals surface area contributed by atoms with Crippen molar-refractivity contribution in [2.45, 2.75) is 37.9 Å². The molecule has 0 aromatic rings. The molecule has 0 aromatic heterocycles. The van der Waals surface area contributed by atoms with Crippen LogP contribution in [-0.2, 0) is 0 Å². The first-order valence-corrected chi connectivity index (χ1v) is 4.25. The summed E-state index contributed by atoms with van der Waals surface area (Å²) in [6.07, 6.45) is 4.01. The standard InChI is InChI=1S/C8H14FN/c9-8(6-2-1-3-6)7-4-5-10-7/h6-8,10H,1-5H2. The highest BCUT2D eigenvalue weighted by atomic mass is 19.1. The van der Waals surface area contributed by atoms with Crippen molar-refractivity contribution in [1.29, 1.82) is 0 Å². The summed E-state index contributed by atoms with van der Waals surface area (Å²) in [6.45, 7) is 1.03. The van der Waals surface area contributed by atoms with Crippen LogP contribution in [0.2, 0.25) is 0 Å². The maximum Gasteiger partial charge on any atom is 0.118 e. The van der Waals surface area contributed by atoms with E-state index in [0.717, 1.165) is 25.8 Å². The van der Waals surface area contributed by atoms with Gasteiger partial charge in [0.05, 0.1) is 0 Å². The lowest BCUT2D eigenvalue weighted by molar-refractivity contribution is 0.0833. The van der Waals surface area contributed by atoms with Crippen molar-refractivity contribution in [2.24, 2.45) is 5.92 Å². The summed E-state index contributed by atoms with van der Waals surface area (Å²) in [5.74, 6) is 0.401. The summed E-state index contributed by atoms with van der Waals surface area (Å²) in [4.78, 5) is 0. The summed E-state index contributed by atoms with van der Waals surface area (Å²) in [7, 11) is 0. The Bertz CT molecular complexity index is 104. The van der Waals surface area contributed by atoms with Crippen LogP contribution in [-0.4, -0.2) is 18.8 Å². The summed E-state index contributed by atoms with van der Waals surface area (Å²) >= 11 is 0. The molecular formula is C8H14FN. The Morgan fingerprint density at radius 1 is 1.30 bits per heavy atom. The lowest BCUT2D eigenvalue weighted by Gasteiger charge is -2.38. The molecule has 2 aliphatic rings. The van der Waals surface area contributed by atoms with Crippen molar-refractivity contribution in [3.63, 3.8) is 0 Å². The fourth-order valence-electron chi connectivity index (χ4n) is 1.67. The van der Waals surface area contributed by atoms with E-state index in [-0.39, 0.29) is 6.04 Å². The Morgan fingerprint density at radius 2 is 2.00 bits per heavy atom. The molecule has 2 heteroatoms. The first kappa shape index (κ1) is 6.59. The van der Waals surface area contributed by atoms with E-state index >= 15 is 0 Å². The maximum atomic E-state index is 13.2. The molecule has 10 heavy (non-hydrogen) atoms. The van der Waals surface area contributed by atoms with E-state index in [1.54, 1.807) is 0 Å². The fraction of sp³-hybridized carbons (Fsp3) is 1.00. The van der Waals surface area contributed by atoms with E-state index in [1.165, 1.54) is 6.42 Å². The first-order chi connectivity index (χ1) is 4.88. The Kier molecular flexibility index (Phi) is 1.65. The van der Waals surface area contributed by atoms with Crippen LogP contribution in [0.15, 0.2) is 0 Å². The zero-order valence-electron chi connectivity index (χ0n) is 6.15. The molecule has 1 N–H and O–H groups in total. The Morgan fingerprint density at radius 3 is 2.30 bits per heavy atom. The van der Waals surface area contributed by atoms with Crippen molar-refractivity contribution >= 4 is 0 Å². The van der Waals surface area contributed by atoms with Crippen LogP contribution in [0.1, 0.15) is 25.7 Å². The van der Waals surface area contributed by atoms with Gasteiger partial charge in [-0.05, 0) is 31.7 Å². The monoisotopic (exact) mass is 143 g/mol. The van der Waals surface area contributed by atoms with Gasteiger partial charge in [0.15, 0.2) is 0 Å². The molecule has 1 heterocycles. The number of hydrogen-bond acceptors (Lipinski definition) is 1. The molecule has 58 valence electrons. The number of rotatable bonds is 2. The van der Waals surface area contributed by atoms with Crippen LogP contribution >= 0.6 is 0 Å². The number of nitrogens with one attached hydrogen (secondary N) is 1. The fourth-order valence-corrected chi connectivity index (χ4v) is 1.67. The molecule has 2 atom stereocenters. The molecule has 1 saturated carbocycles. The molecule has 1 aliphatic heterocycles. The van der Waals surface area contributed by atoms with Gasteiger partial charge < -0.3 is 5.32 Å². The van der Waals surface area contributed by atoms with Crippen molar-refractivity contribution < 1.29 is 4.39 Å². The lowest BCUT2D eigenvalue weighted by atomic mass is 9.77. The quantitative estimate of drug-likeness (QED) is 0.617. The van der Waals surface area contributed by atoms with Gasteiger partial charge in [-0.15, -0.1) is 0 Å². The number of hydrogen-bond donors (Lipinski definition) is 1. The van der Waals surface area contributed by atoms with Gasteiger partial charge >= 0.3 is 0 Å². The van der Waals surface area contributed by atoms with E-state index in [2.05, 4.69) is 5.32 Å². The van der Waals surface area contributed by atoms with Crippen molar-refractivity contribution in [3.8, 4) is 0 Å². The number of alkyl halides is 1. The Labute approximate surface area is 61.0 Å². The summed E-state index contributed by atoms with van der Waals surface area (Å²) in [5, 5.41) is 3.12. The normalized spacial score (nSPS) is 36.3. The van der Waals surface area contributed by atoms with E-state index in [0.29, 0.717) is 5.92 Å². The molecule has 2 fully saturated rings. The largest absolute Gasteiger partial charge is 0.311 e. The Hall–Kier alpha value is -0.110. The highest BCUT2D eigenvalue weighted by Crippen LogP contribution is 2.34. The van der Waals surface area contributed by atoms with Crippen LogP contribution in [0, 0.1) is 5.92 Å². The SMILES string of the molecule is FC(C1CCC1)C1CCN1. The molecule has 0 spiro atoms. The second kappa shape index (κ2) is 2.50. The van der Waals surface area contributed by atoms with Gasteiger partial charge in [0, 0.05) is 6.04 Å². The van der Waals surface area contributed by atoms with Crippen molar-refractivity contribution in [1.82, 2.24) is 5.32 Å². The van der Waals surface area contributed by atoms with Crippen LogP contribution in [0.25, 0.3) is 0 Å². The van der Waals surface area contributed by atoms with Gasteiger partial charge in [-0.3, -0.25) is 0 Å². The topological polar surface area (TPSA) is 12.0 Å². The molecule has 2 rings (SSSR count). The van der Waals surface area contributed by atoms with Gasteiger partial charge in [0.1, 0.15) is 6.17 Å². The summed E-state index contributed by atoms with van der Waals surface area (Å²) in [6, 6.07) is 0.213. The van der Waals surface area contributed by atoms with Gasteiger partial charge in [0.25, 0.3) is 0 Å². The zero-order chi connectivity index (χ0) is 6.97. The third-order valence-corrected chi connectivity index (χ3v) is 2.85. The lowest BCUT2D eigenvalue weighted by Crippen LogP contribution is -2.52. The zero-order valence-corrected chi connectivity index (χ0v) is 6.15. The average Bonchev–Trinajstić information content (AvgIpc) is 1.52. The molecule has 0 radical (unpaired) electrons. The molecule has 1 nitrogen and oxygen atoms in total. The van der Waals surface area contributed by atoms with E-state index < -0.39 is 6.17 Å². The molecule has 1 aliphatic carbocycles. The van der Waals surface area contributed by atoms with E-state index in [4.69, 9.17) is 0 Å². The summed E-state index contributed by atoms with van der Waals surface area (Å²) < 4.78 is 13.2. The van der Waals surface area contributed by atoms with Crippen LogP contribution in [0.5, 0.6) is 0 Å². The molecule has 0 bridgehead atoms. The van der Waals surface area contributed by atoms with Crippen molar-refractivity contribution in [3.05, 3.63) is 0 Å². The molecule has 1 saturated heterocycles. The molecule has 0 amide bonds. The highest BCUT2D eigenvalue weighted by molar-refractivity contribution is 4.91. The van der Waals surface area contributed by atoms with E-state index in [9.17, 15) is 4.39 Å². The minimum absolute atomic E-state index is 0.213. The minimum Gasteiger partial charge on any atom is -0.311 e. The predicted octanol–water partition coefficient (Wildman–Crippen LogP) is 1.49. The van der Waals surface area contributed by atoms with Gasteiger partial charge in [0.2, 0.25) is 0 Å². The number of halogens is 1. The molecule has 2 unspecified atom stereocenters. The van der Waals surface area contributed by atoms with Gasteiger partial charge in [-0.1, -0.05) is 6.42 Å². The highest BCUT2D eigenvalue weighted by Gasteiger charge is 2.35. The first-order valence-electron chi connectivity index (χ1n) is 4.25. The van der Waals surface area contributed by atoms with Crippen LogP contribution in [0.3, 0.4) is 0 Å². The maximum absolute atomic E-state index is 13.2. The molecular weight excluding hydrogens is 129 g/mol. The third kappa shape index (κ3) is 0.947. The second-order valence-electron chi connectivity index (χ2n) is 3.48. The van der Waals surface area contributed by atoms with Crippen LogP contribution < -0.4 is 5.32 Å². The summed E-state index contributed by atoms with van der Waals surface area (Å²) in [5.41, 5.74) is 0. The third-order valence-electron chi connectivity index (χ3n) is 2.85. The smallest absolute Gasteiger partial charge is 0.118 e. The van der Waals surface area contributed by atoms with Gasteiger partial charge in [-0.2, -0.15) is 0 Å². The second-order valence-corrected chi connectivity index (χ2v) is 3.48. The Balaban J connectivity index is 1.79. The van der Waals surface area contributed by atoms with E-state index in [1.807, 2.05) is 0 Å².